The highest BCUT2D eigenvalue weighted by Gasteiger charge is 2.29. The van der Waals surface area contributed by atoms with Gasteiger partial charge in [0.1, 0.15) is 5.82 Å². The number of likely N-dealkylation sites (N-methyl/N-ethyl adjacent to an activating group) is 1. The highest BCUT2D eigenvalue weighted by atomic mass is 19.1. The molecule has 0 bridgehead atoms. The molecule has 0 aromatic heterocycles. The number of ether oxygens (including phenoxy) is 2. The van der Waals surface area contributed by atoms with E-state index in [0.29, 0.717) is 12.2 Å². The molecule has 23 heavy (non-hydrogen) atoms. The first-order chi connectivity index (χ1) is 10.9. The van der Waals surface area contributed by atoms with Crippen molar-refractivity contribution in [1.82, 2.24) is 5.43 Å². The van der Waals surface area contributed by atoms with Gasteiger partial charge in [0.2, 0.25) is 0 Å². The van der Waals surface area contributed by atoms with E-state index in [0.717, 1.165) is 0 Å². The van der Waals surface area contributed by atoms with Crippen LogP contribution >= 0.6 is 0 Å². The Hall–Kier alpha value is -2.64. The molecule has 0 aliphatic carbocycles. The second-order valence-electron chi connectivity index (χ2n) is 4.55. The Balaban J connectivity index is 3.17. The summed E-state index contributed by atoms with van der Waals surface area (Å²) in [6, 6.07) is 4.92. The lowest BCUT2D eigenvalue weighted by atomic mass is 10.1. The van der Waals surface area contributed by atoms with Crippen LogP contribution in [0.1, 0.15) is 13.8 Å². The first-order valence-corrected chi connectivity index (χ1v) is 6.92. The zero-order chi connectivity index (χ0) is 17.4. The van der Waals surface area contributed by atoms with Crippen molar-refractivity contribution >= 4 is 23.5 Å². The fourth-order valence-corrected chi connectivity index (χ4v) is 2.04. The Kier molecular flexibility index (Phi) is 6.98. The van der Waals surface area contributed by atoms with E-state index in [1.807, 2.05) is 6.92 Å². The number of amides is 1. The van der Waals surface area contributed by atoms with Crippen molar-refractivity contribution in [2.24, 2.45) is 5.10 Å². The van der Waals surface area contributed by atoms with Crippen LogP contribution < -0.4 is 10.3 Å². The first-order valence-electron chi connectivity index (χ1n) is 6.92. The average molecular weight is 325 g/mol. The highest BCUT2D eigenvalue weighted by molar-refractivity contribution is 6.08. The molecule has 0 aliphatic heterocycles. The predicted molar refractivity (Wildman–Crippen MR) is 83.9 cm³/mol. The Morgan fingerprint density at radius 3 is 2.57 bits per heavy atom. The number of methoxy groups -OCH3 is 2. The van der Waals surface area contributed by atoms with Gasteiger partial charge in [-0.25, -0.2) is 19.4 Å². The molecule has 0 heterocycles. The number of hydrogen-bond donors (Lipinski definition) is 1. The Morgan fingerprint density at radius 2 is 2.04 bits per heavy atom. The largest absolute Gasteiger partial charge is 0.467 e. The molecule has 0 saturated carbocycles. The highest BCUT2D eigenvalue weighted by Crippen LogP contribution is 2.19. The van der Waals surface area contributed by atoms with Crippen LogP contribution in [0, 0.1) is 5.82 Å². The van der Waals surface area contributed by atoms with Gasteiger partial charge in [-0.2, -0.15) is 5.10 Å². The van der Waals surface area contributed by atoms with E-state index in [2.05, 4.69) is 15.3 Å². The minimum absolute atomic E-state index is 0.272. The van der Waals surface area contributed by atoms with Crippen LogP contribution in [-0.2, 0) is 14.3 Å². The normalized spacial score (nSPS) is 12.3. The van der Waals surface area contributed by atoms with Crippen molar-refractivity contribution in [3.05, 3.63) is 30.1 Å². The molecule has 126 valence electrons. The average Bonchev–Trinajstić information content (AvgIpc) is 2.56. The number of carbonyl (C=O) groups is 2. The molecule has 0 fully saturated rings. The van der Waals surface area contributed by atoms with Crippen LogP contribution in [-0.4, -0.2) is 44.6 Å². The Labute approximate surface area is 134 Å². The number of rotatable bonds is 6. The summed E-state index contributed by atoms with van der Waals surface area (Å²) in [4.78, 5) is 24.9. The molecule has 0 saturated heterocycles. The summed E-state index contributed by atoms with van der Waals surface area (Å²) < 4.78 is 22.7. The number of carbonyl (C=O) groups excluding carboxylic acids is 2. The molecular weight excluding hydrogens is 305 g/mol. The van der Waals surface area contributed by atoms with Gasteiger partial charge in [-0.05, 0) is 32.0 Å². The smallest absolute Gasteiger partial charge is 0.427 e. The number of nitrogens with one attached hydrogen (secondary N) is 1. The molecule has 1 rings (SSSR count). The molecule has 8 heteroatoms. The molecule has 7 nitrogen and oxygen atoms in total. The summed E-state index contributed by atoms with van der Waals surface area (Å²) in [5, 5.41) is 3.84. The molecular formula is C15H20FN3O4. The maximum absolute atomic E-state index is 13.5. The number of nitrogens with zero attached hydrogens (tertiary/aromatic N) is 2. The van der Waals surface area contributed by atoms with Crippen molar-refractivity contribution in [1.29, 1.82) is 0 Å². The van der Waals surface area contributed by atoms with Crippen molar-refractivity contribution in [2.45, 2.75) is 19.9 Å². The van der Waals surface area contributed by atoms with Crippen LogP contribution in [0.4, 0.5) is 14.9 Å². The lowest BCUT2D eigenvalue weighted by molar-refractivity contribution is -0.140. The van der Waals surface area contributed by atoms with Gasteiger partial charge in [0.25, 0.3) is 0 Å². The number of benzene rings is 1. The van der Waals surface area contributed by atoms with Gasteiger partial charge in [-0.1, -0.05) is 6.07 Å². The summed E-state index contributed by atoms with van der Waals surface area (Å²) in [6.07, 6.45) is -0.762. The zero-order valence-corrected chi connectivity index (χ0v) is 13.5. The maximum atomic E-state index is 13.5. The van der Waals surface area contributed by atoms with Crippen LogP contribution in [0.15, 0.2) is 29.4 Å². The topological polar surface area (TPSA) is 80.2 Å². The third-order valence-electron chi connectivity index (χ3n) is 3.12. The predicted octanol–water partition coefficient (Wildman–Crippen LogP) is 1.93. The van der Waals surface area contributed by atoms with Gasteiger partial charge >= 0.3 is 12.1 Å². The first kappa shape index (κ1) is 18.4. The SMILES string of the molecule is CCN(c1cccc(F)c1)C(C(=O)OC)/C(C)=N/NC(=O)OC. The molecule has 1 aromatic rings. The minimum Gasteiger partial charge on any atom is -0.467 e. The van der Waals surface area contributed by atoms with E-state index in [-0.39, 0.29) is 5.71 Å². The second kappa shape index (κ2) is 8.72. The van der Waals surface area contributed by atoms with Gasteiger partial charge in [0.05, 0.1) is 19.9 Å². The van der Waals surface area contributed by atoms with Crippen LogP contribution in [0.2, 0.25) is 0 Å². The van der Waals surface area contributed by atoms with Gasteiger partial charge in [-0.3, -0.25) is 0 Å². The van der Waals surface area contributed by atoms with Gasteiger partial charge in [-0.15, -0.1) is 0 Å². The van der Waals surface area contributed by atoms with Gasteiger partial charge < -0.3 is 14.4 Å². The van der Waals surface area contributed by atoms with Gasteiger partial charge in [0.15, 0.2) is 6.04 Å². The van der Waals surface area contributed by atoms with E-state index in [1.165, 1.54) is 26.4 Å². The van der Waals surface area contributed by atoms with Crippen molar-refractivity contribution < 1.29 is 23.5 Å². The minimum atomic E-state index is -0.913. The third-order valence-corrected chi connectivity index (χ3v) is 3.12. The lowest BCUT2D eigenvalue weighted by Crippen LogP contribution is -2.47. The quantitative estimate of drug-likeness (QED) is 0.491. The fraction of sp³-hybridized carbons (Fsp3) is 0.400. The van der Waals surface area contributed by atoms with E-state index in [4.69, 9.17) is 4.74 Å². The van der Waals surface area contributed by atoms with Crippen LogP contribution in [0.25, 0.3) is 0 Å². The molecule has 0 aliphatic rings. The molecule has 0 radical (unpaired) electrons. The summed E-state index contributed by atoms with van der Waals surface area (Å²) in [6.45, 7) is 3.76. The number of esters is 1. The number of hydrogen-bond acceptors (Lipinski definition) is 6. The van der Waals surface area contributed by atoms with E-state index < -0.39 is 23.9 Å². The summed E-state index contributed by atoms with van der Waals surface area (Å²) in [5.74, 6) is -1.00. The Morgan fingerprint density at radius 1 is 1.35 bits per heavy atom. The van der Waals surface area contributed by atoms with E-state index in [1.54, 1.807) is 24.0 Å². The molecule has 0 spiro atoms. The summed E-state index contributed by atoms with van der Waals surface area (Å²) in [7, 11) is 2.44. The van der Waals surface area contributed by atoms with Crippen molar-refractivity contribution in [2.75, 3.05) is 25.7 Å². The molecule has 1 N–H and O–H groups in total. The standard InChI is InChI=1S/C15H20FN3O4/c1-5-19(12-8-6-7-11(16)9-12)13(14(20)22-3)10(2)17-18-15(21)23-4/h6-9,13H,5H2,1-4H3,(H,18,21)/b17-10+. The third kappa shape index (κ3) is 4.94. The molecule has 1 unspecified atom stereocenters. The molecule has 1 amide bonds. The van der Waals surface area contributed by atoms with Gasteiger partial charge in [0, 0.05) is 12.2 Å². The van der Waals surface area contributed by atoms with Crippen LogP contribution in [0.5, 0.6) is 0 Å². The lowest BCUT2D eigenvalue weighted by Gasteiger charge is -2.30. The number of hydrazone groups is 1. The Bertz CT molecular complexity index is 592. The second-order valence-corrected chi connectivity index (χ2v) is 4.55. The summed E-state index contributed by atoms with van der Waals surface area (Å²) >= 11 is 0. The van der Waals surface area contributed by atoms with Crippen LogP contribution in [0.3, 0.4) is 0 Å². The fourth-order valence-electron chi connectivity index (χ4n) is 2.04. The van der Waals surface area contributed by atoms with E-state index >= 15 is 0 Å². The molecule has 1 atom stereocenters. The number of halogens is 1. The zero-order valence-electron chi connectivity index (χ0n) is 13.5. The number of anilines is 1. The summed E-state index contributed by atoms with van der Waals surface area (Å²) in [5.41, 5.74) is 2.92. The maximum Gasteiger partial charge on any atom is 0.427 e. The van der Waals surface area contributed by atoms with Crippen molar-refractivity contribution in [3.8, 4) is 0 Å². The van der Waals surface area contributed by atoms with Crippen molar-refractivity contribution in [3.63, 3.8) is 0 Å². The van der Waals surface area contributed by atoms with E-state index in [9.17, 15) is 14.0 Å². The monoisotopic (exact) mass is 325 g/mol. The molecule has 1 aromatic carbocycles.